The Morgan fingerprint density at radius 2 is 1.89 bits per heavy atom. The fourth-order valence-electron chi connectivity index (χ4n) is 4.99. The van der Waals surface area contributed by atoms with Gasteiger partial charge in [0.2, 0.25) is 0 Å². The fraction of sp³-hybridized carbons (Fsp3) is 0.250. The number of carbonyl (C=O) groups is 1. The van der Waals surface area contributed by atoms with Crippen LogP contribution in [0.4, 0.5) is 4.39 Å². The highest BCUT2D eigenvalue weighted by Gasteiger charge is 2.24. The molecule has 0 unspecified atom stereocenters. The van der Waals surface area contributed by atoms with Crippen molar-refractivity contribution >= 4 is 5.97 Å². The van der Waals surface area contributed by atoms with Crippen LogP contribution in [-0.4, -0.2) is 32.0 Å². The maximum absolute atomic E-state index is 15.3. The van der Waals surface area contributed by atoms with E-state index in [1.54, 1.807) is 37.0 Å². The number of hydrogen-bond donors (Lipinski definition) is 1. The third-order valence-corrected chi connectivity index (χ3v) is 6.75. The van der Waals surface area contributed by atoms with Crippen molar-refractivity contribution < 1.29 is 19.0 Å². The number of nitrogens with zero attached hydrogens (tertiary/aromatic N) is 3. The van der Waals surface area contributed by atoms with Gasteiger partial charge in [-0.05, 0) is 66.3 Å². The number of hydrogen-bond acceptors (Lipinski definition) is 4. The monoisotopic (exact) mass is 487 g/mol. The smallest absolute Gasteiger partial charge is 0.309 e. The average Bonchev–Trinajstić information content (AvgIpc) is 3.29. The molecule has 1 N–H and O–H groups in total. The van der Waals surface area contributed by atoms with Crippen molar-refractivity contribution in [3.8, 4) is 39.1 Å². The number of aromatic nitrogens is 3. The molecule has 0 atom stereocenters. The summed E-state index contributed by atoms with van der Waals surface area (Å²) in [6.07, 6.45) is 4.89. The van der Waals surface area contributed by atoms with Crippen LogP contribution < -0.4 is 10.3 Å². The number of aryl methyl sites for hydroxylation is 2. The summed E-state index contributed by atoms with van der Waals surface area (Å²) < 4.78 is 24.0. The van der Waals surface area contributed by atoms with E-state index in [4.69, 9.17) is 4.74 Å². The van der Waals surface area contributed by atoms with Gasteiger partial charge in [0, 0.05) is 42.7 Å². The van der Waals surface area contributed by atoms with Crippen LogP contribution >= 0.6 is 0 Å². The lowest BCUT2D eigenvalue weighted by molar-refractivity contribution is -0.136. The number of ether oxygens (including phenoxy) is 1. The number of aliphatic carboxylic acids is 1. The predicted molar refractivity (Wildman–Crippen MR) is 135 cm³/mol. The molecule has 2 aromatic heterocycles. The van der Waals surface area contributed by atoms with Crippen molar-refractivity contribution in [2.75, 3.05) is 6.61 Å². The Kier molecular flexibility index (Phi) is 5.96. The maximum atomic E-state index is 15.3. The molecule has 4 aromatic rings. The van der Waals surface area contributed by atoms with Crippen molar-refractivity contribution in [3.05, 3.63) is 81.8 Å². The van der Waals surface area contributed by atoms with Crippen LogP contribution in [0.25, 0.3) is 33.4 Å². The number of carboxylic acids is 1. The molecular formula is C28H26FN3O4. The van der Waals surface area contributed by atoms with E-state index in [1.807, 2.05) is 24.4 Å². The van der Waals surface area contributed by atoms with E-state index in [0.717, 1.165) is 40.8 Å². The van der Waals surface area contributed by atoms with Gasteiger partial charge in [-0.15, -0.1) is 0 Å². The van der Waals surface area contributed by atoms with Crippen LogP contribution in [0.15, 0.2) is 53.6 Å². The predicted octanol–water partition coefficient (Wildman–Crippen LogP) is 4.52. The summed E-state index contributed by atoms with van der Waals surface area (Å²) in [6.45, 7) is 2.41. The Morgan fingerprint density at radius 1 is 1.11 bits per heavy atom. The van der Waals surface area contributed by atoms with Gasteiger partial charge in [0.25, 0.3) is 5.56 Å². The molecule has 1 aliphatic rings. The van der Waals surface area contributed by atoms with Crippen molar-refractivity contribution in [2.45, 2.75) is 26.2 Å². The first kappa shape index (κ1) is 23.5. The highest BCUT2D eigenvalue weighted by Crippen LogP contribution is 2.37. The maximum Gasteiger partial charge on any atom is 0.309 e. The van der Waals surface area contributed by atoms with Gasteiger partial charge in [0.15, 0.2) is 0 Å². The minimum Gasteiger partial charge on any atom is -0.493 e. The molecule has 0 saturated heterocycles. The number of halogens is 1. The van der Waals surface area contributed by atoms with Crippen LogP contribution in [0, 0.1) is 12.7 Å². The quantitative estimate of drug-likeness (QED) is 0.447. The first-order chi connectivity index (χ1) is 17.2. The summed E-state index contributed by atoms with van der Waals surface area (Å²) in [5.74, 6) is -0.772. The average molecular weight is 488 g/mol. The Bertz CT molecular complexity index is 1570. The van der Waals surface area contributed by atoms with Crippen molar-refractivity contribution in [1.82, 2.24) is 14.3 Å². The Morgan fingerprint density at radius 3 is 2.61 bits per heavy atom. The van der Waals surface area contributed by atoms with E-state index in [9.17, 15) is 14.7 Å². The van der Waals surface area contributed by atoms with Gasteiger partial charge >= 0.3 is 5.97 Å². The molecule has 7 nitrogen and oxygen atoms in total. The molecular weight excluding hydrogens is 461 g/mol. The molecule has 0 aliphatic carbocycles. The SMILES string of the molecule is Cc1c(-c2ccc3c(c2)CCCO3)c(CC(=O)O)n(C)c(=O)c1-c1cc(-c2cnn(C)c2)ccc1F. The molecule has 2 aromatic carbocycles. The summed E-state index contributed by atoms with van der Waals surface area (Å²) >= 11 is 0. The second kappa shape index (κ2) is 9.11. The highest BCUT2D eigenvalue weighted by molar-refractivity contribution is 5.84. The highest BCUT2D eigenvalue weighted by atomic mass is 19.1. The number of benzene rings is 2. The molecule has 36 heavy (non-hydrogen) atoms. The summed E-state index contributed by atoms with van der Waals surface area (Å²) in [4.78, 5) is 25.3. The first-order valence-electron chi connectivity index (χ1n) is 11.7. The van der Waals surface area contributed by atoms with Crippen LogP contribution in [-0.2, 0) is 31.7 Å². The Balaban J connectivity index is 1.78. The van der Waals surface area contributed by atoms with Crippen molar-refractivity contribution in [2.24, 2.45) is 14.1 Å². The normalized spacial score (nSPS) is 12.8. The second-order valence-corrected chi connectivity index (χ2v) is 9.13. The minimum atomic E-state index is -1.05. The molecule has 184 valence electrons. The second-order valence-electron chi connectivity index (χ2n) is 9.13. The topological polar surface area (TPSA) is 86.3 Å². The molecule has 0 radical (unpaired) electrons. The zero-order chi connectivity index (χ0) is 25.6. The zero-order valence-corrected chi connectivity index (χ0v) is 20.3. The first-order valence-corrected chi connectivity index (χ1v) is 11.7. The van der Waals surface area contributed by atoms with Crippen molar-refractivity contribution in [1.29, 1.82) is 0 Å². The van der Waals surface area contributed by atoms with Gasteiger partial charge in [-0.1, -0.05) is 12.1 Å². The van der Waals surface area contributed by atoms with Gasteiger partial charge in [-0.25, -0.2) is 4.39 Å². The number of pyridine rings is 1. The number of fused-ring (bicyclic) bond motifs is 1. The molecule has 0 saturated carbocycles. The van der Waals surface area contributed by atoms with E-state index in [2.05, 4.69) is 5.10 Å². The number of rotatable bonds is 5. The van der Waals surface area contributed by atoms with Crippen LogP contribution in [0.2, 0.25) is 0 Å². The molecule has 0 amide bonds. The molecule has 1 aliphatic heterocycles. The van der Waals surface area contributed by atoms with Gasteiger partial charge in [-0.3, -0.25) is 14.3 Å². The molecule has 8 heteroatoms. The van der Waals surface area contributed by atoms with Crippen LogP contribution in [0.5, 0.6) is 5.75 Å². The van der Waals surface area contributed by atoms with Gasteiger partial charge < -0.3 is 14.4 Å². The van der Waals surface area contributed by atoms with Crippen LogP contribution in [0.1, 0.15) is 23.2 Å². The summed E-state index contributed by atoms with van der Waals surface area (Å²) in [7, 11) is 3.34. The minimum absolute atomic E-state index is 0.166. The molecule has 5 rings (SSSR count). The van der Waals surface area contributed by atoms with Gasteiger partial charge in [-0.2, -0.15) is 5.10 Å². The lowest BCUT2D eigenvalue weighted by Crippen LogP contribution is -2.26. The van der Waals surface area contributed by atoms with E-state index < -0.39 is 17.3 Å². The van der Waals surface area contributed by atoms with E-state index in [0.29, 0.717) is 23.4 Å². The molecule has 0 bridgehead atoms. The molecule has 0 spiro atoms. The molecule has 0 fully saturated rings. The Labute approximate surface area is 207 Å². The van der Waals surface area contributed by atoms with E-state index >= 15 is 4.39 Å². The third kappa shape index (κ3) is 4.08. The zero-order valence-electron chi connectivity index (χ0n) is 20.3. The molecule has 3 heterocycles. The standard InChI is InChI=1S/C28H26FN3O4/c1-16-26(19-7-9-24-18(11-19)5-4-10-36-24)23(13-25(33)34)32(3)28(35)27(16)21-12-17(6-8-22(21)29)20-14-30-31(2)15-20/h6-9,11-12,14-15H,4-5,10,13H2,1-3H3,(H,33,34). The lowest BCUT2D eigenvalue weighted by Gasteiger charge is -2.22. The Hall–Kier alpha value is -4.20. The summed E-state index contributed by atoms with van der Waals surface area (Å²) in [5.41, 5.74) is 4.77. The van der Waals surface area contributed by atoms with Gasteiger partial charge in [0.1, 0.15) is 11.6 Å². The van der Waals surface area contributed by atoms with Crippen molar-refractivity contribution in [3.63, 3.8) is 0 Å². The fourth-order valence-corrected chi connectivity index (χ4v) is 4.99. The van der Waals surface area contributed by atoms with E-state index in [1.165, 1.54) is 17.7 Å². The summed E-state index contributed by atoms with van der Waals surface area (Å²) in [6, 6.07) is 10.4. The largest absolute Gasteiger partial charge is 0.493 e. The summed E-state index contributed by atoms with van der Waals surface area (Å²) in [5, 5.41) is 13.8. The van der Waals surface area contributed by atoms with Crippen LogP contribution in [0.3, 0.4) is 0 Å². The number of carboxylic acid groups (broad SMARTS) is 1. The lowest BCUT2D eigenvalue weighted by atomic mass is 9.89. The third-order valence-electron chi connectivity index (χ3n) is 6.75. The van der Waals surface area contributed by atoms with Gasteiger partial charge in [0.05, 0.1) is 24.8 Å². The van der Waals surface area contributed by atoms with E-state index in [-0.39, 0.29) is 17.5 Å².